The van der Waals surface area contributed by atoms with E-state index in [2.05, 4.69) is 37.8 Å². The van der Waals surface area contributed by atoms with Gasteiger partial charge in [-0.1, -0.05) is 13.8 Å². The maximum atomic E-state index is 5.79. The van der Waals surface area contributed by atoms with Crippen molar-refractivity contribution in [2.75, 3.05) is 23.7 Å². The van der Waals surface area contributed by atoms with Gasteiger partial charge in [-0.2, -0.15) is 0 Å². The number of hydrogen-bond donors (Lipinski definition) is 1. The Labute approximate surface area is 98.4 Å². The molecule has 0 aliphatic carbocycles. The van der Waals surface area contributed by atoms with E-state index < -0.39 is 0 Å². The number of benzene rings is 1. The van der Waals surface area contributed by atoms with Crippen LogP contribution >= 0.6 is 0 Å². The van der Waals surface area contributed by atoms with Gasteiger partial charge in [0, 0.05) is 24.5 Å². The summed E-state index contributed by atoms with van der Waals surface area (Å²) in [4.78, 5) is 2.50. The fraction of sp³-hybridized carbons (Fsp3) is 0.571. The van der Waals surface area contributed by atoms with Gasteiger partial charge in [-0.05, 0) is 48.9 Å². The summed E-state index contributed by atoms with van der Waals surface area (Å²) in [6.45, 7) is 9.21. The van der Waals surface area contributed by atoms with Crippen molar-refractivity contribution >= 4 is 11.4 Å². The van der Waals surface area contributed by atoms with E-state index in [1.54, 1.807) is 0 Å². The first kappa shape index (κ1) is 11.3. The van der Waals surface area contributed by atoms with E-state index >= 15 is 0 Å². The first-order valence-electron chi connectivity index (χ1n) is 6.19. The molecule has 2 unspecified atom stereocenters. The topological polar surface area (TPSA) is 29.3 Å². The van der Waals surface area contributed by atoms with E-state index in [0.717, 1.165) is 17.5 Å². The van der Waals surface area contributed by atoms with E-state index in [1.165, 1.54) is 30.8 Å². The van der Waals surface area contributed by atoms with Crippen molar-refractivity contribution in [3.05, 3.63) is 23.8 Å². The maximum Gasteiger partial charge on any atom is 0.0397 e. The van der Waals surface area contributed by atoms with Crippen molar-refractivity contribution in [2.45, 2.75) is 27.2 Å². The number of hydrogen-bond acceptors (Lipinski definition) is 2. The Balaban J connectivity index is 2.18. The van der Waals surface area contributed by atoms with E-state index in [4.69, 9.17) is 5.73 Å². The zero-order valence-electron chi connectivity index (χ0n) is 10.5. The predicted molar refractivity (Wildman–Crippen MR) is 70.7 cm³/mol. The SMILES string of the molecule is Cc1cc(N)ccc1N1CCC(C)C(C)C1. The van der Waals surface area contributed by atoms with Crippen molar-refractivity contribution in [3.8, 4) is 0 Å². The lowest BCUT2D eigenvalue weighted by Crippen LogP contribution is -2.38. The van der Waals surface area contributed by atoms with E-state index in [9.17, 15) is 0 Å². The van der Waals surface area contributed by atoms with Gasteiger partial charge in [0.1, 0.15) is 0 Å². The number of piperidine rings is 1. The Morgan fingerprint density at radius 1 is 1.25 bits per heavy atom. The van der Waals surface area contributed by atoms with Crippen LogP contribution < -0.4 is 10.6 Å². The average Bonchev–Trinajstić information content (AvgIpc) is 2.22. The normalized spacial score (nSPS) is 25.8. The number of nitrogen functional groups attached to an aromatic ring is 1. The quantitative estimate of drug-likeness (QED) is 0.734. The second kappa shape index (κ2) is 4.36. The van der Waals surface area contributed by atoms with Gasteiger partial charge in [0.05, 0.1) is 0 Å². The molecule has 1 aromatic rings. The fourth-order valence-corrected chi connectivity index (χ4v) is 2.52. The summed E-state index contributed by atoms with van der Waals surface area (Å²) in [6.07, 6.45) is 1.30. The molecule has 2 rings (SSSR count). The van der Waals surface area contributed by atoms with Crippen LogP contribution in [0.3, 0.4) is 0 Å². The molecule has 1 heterocycles. The monoisotopic (exact) mass is 218 g/mol. The van der Waals surface area contributed by atoms with Crippen LogP contribution in [-0.4, -0.2) is 13.1 Å². The standard InChI is InChI=1S/C14H22N2/c1-10-6-7-16(9-12(10)3)14-5-4-13(15)8-11(14)2/h4-5,8,10,12H,6-7,9,15H2,1-3H3. The van der Waals surface area contributed by atoms with Crippen molar-refractivity contribution in [3.63, 3.8) is 0 Å². The lowest BCUT2D eigenvalue weighted by Gasteiger charge is -2.37. The van der Waals surface area contributed by atoms with Crippen LogP contribution in [0.5, 0.6) is 0 Å². The summed E-state index contributed by atoms with van der Waals surface area (Å²) in [6, 6.07) is 6.23. The van der Waals surface area contributed by atoms with Crippen molar-refractivity contribution in [1.82, 2.24) is 0 Å². The van der Waals surface area contributed by atoms with Crippen LogP contribution in [0.1, 0.15) is 25.8 Å². The largest absolute Gasteiger partial charge is 0.399 e. The minimum absolute atomic E-state index is 0.783. The Morgan fingerprint density at radius 3 is 2.62 bits per heavy atom. The summed E-state index contributed by atoms with van der Waals surface area (Å²) >= 11 is 0. The molecular weight excluding hydrogens is 196 g/mol. The molecule has 0 amide bonds. The third-order valence-electron chi connectivity index (χ3n) is 3.90. The minimum atomic E-state index is 0.783. The minimum Gasteiger partial charge on any atom is -0.399 e. The zero-order valence-corrected chi connectivity index (χ0v) is 10.5. The highest BCUT2D eigenvalue weighted by Crippen LogP contribution is 2.29. The summed E-state index contributed by atoms with van der Waals surface area (Å²) in [7, 11) is 0. The van der Waals surface area contributed by atoms with Crippen LogP contribution in [0.2, 0.25) is 0 Å². The van der Waals surface area contributed by atoms with Gasteiger partial charge in [-0.3, -0.25) is 0 Å². The highest BCUT2D eigenvalue weighted by atomic mass is 15.1. The van der Waals surface area contributed by atoms with Gasteiger partial charge < -0.3 is 10.6 Å². The van der Waals surface area contributed by atoms with Gasteiger partial charge in [0.25, 0.3) is 0 Å². The van der Waals surface area contributed by atoms with E-state index in [-0.39, 0.29) is 0 Å². The van der Waals surface area contributed by atoms with Crippen molar-refractivity contribution in [1.29, 1.82) is 0 Å². The molecule has 1 aliphatic rings. The van der Waals surface area contributed by atoms with Gasteiger partial charge in [-0.15, -0.1) is 0 Å². The number of aryl methyl sites for hydroxylation is 1. The summed E-state index contributed by atoms with van der Waals surface area (Å²) in [5.74, 6) is 1.64. The second-order valence-corrected chi connectivity index (χ2v) is 5.24. The van der Waals surface area contributed by atoms with E-state index in [1.807, 2.05) is 6.07 Å². The third kappa shape index (κ3) is 2.16. The molecule has 1 fully saturated rings. The molecule has 16 heavy (non-hydrogen) atoms. The van der Waals surface area contributed by atoms with E-state index in [0.29, 0.717) is 0 Å². The molecular formula is C14H22N2. The Kier molecular flexibility index (Phi) is 3.08. The molecule has 1 aliphatic heterocycles. The molecule has 0 spiro atoms. The smallest absolute Gasteiger partial charge is 0.0397 e. The summed E-state index contributed by atoms with van der Waals surface area (Å²) in [5.41, 5.74) is 9.30. The number of rotatable bonds is 1. The molecule has 2 atom stereocenters. The van der Waals surface area contributed by atoms with Crippen LogP contribution in [0.15, 0.2) is 18.2 Å². The molecule has 0 aromatic heterocycles. The maximum absolute atomic E-state index is 5.79. The van der Waals surface area contributed by atoms with Crippen LogP contribution in [0.25, 0.3) is 0 Å². The second-order valence-electron chi connectivity index (χ2n) is 5.24. The van der Waals surface area contributed by atoms with Crippen molar-refractivity contribution < 1.29 is 0 Å². The number of nitrogens with zero attached hydrogens (tertiary/aromatic N) is 1. The zero-order chi connectivity index (χ0) is 11.7. The summed E-state index contributed by atoms with van der Waals surface area (Å²) in [5, 5.41) is 0. The molecule has 1 saturated heterocycles. The number of nitrogens with two attached hydrogens (primary N) is 1. The first-order valence-corrected chi connectivity index (χ1v) is 6.19. The summed E-state index contributed by atoms with van der Waals surface area (Å²) < 4.78 is 0. The average molecular weight is 218 g/mol. The van der Waals surface area contributed by atoms with Crippen molar-refractivity contribution in [2.24, 2.45) is 11.8 Å². The van der Waals surface area contributed by atoms with Gasteiger partial charge in [-0.25, -0.2) is 0 Å². The Bertz CT molecular complexity index is 373. The molecule has 2 heteroatoms. The molecule has 88 valence electrons. The fourth-order valence-electron chi connectivity index (χ4n) is 2.52. The highest BCUT2D eigenvalue weighted by Gasteiger charge is 2.23. The highest BCUT2D eigenvalue weighted by molar-refractivity contribution is 5.59. The number of anilines is 2. The van der Waals surface area contributed by atoms with Gasteiger partial charge >= 0.3 is 0 Å². The Morgan fingerprint density at radius 2 is 2.00 bits per heavy atom. The lowest BCUT2D eigenvalue weighted by molar-refractivity contribution is 0.324. The molecule has 2 nitrogen and oxygen atoms in total. The molecule has 1 aromatic carbocycles. The van der Waals surface area contributed by atoms with Gasteiger partial charge in [0.2, 0.25) is 0 Å². The van der Waals surface area contributed by atoms with Gasteiger partial charge in [0.15, 0.2) is 0 Å². The lowest BCUT2D eigenvalue weighted by atomic mass is 9.88. The Hall–Kier alpha value is -1.18. The molecule has 2 N–H and O–H groups in total. The molecule has 0 saturated carbocycles. The van der Waals surface area contributed by atoms with Crippen LogP contribution in [0.4, 0.5) is 11.4 Å². The molecule has 0 radical (unpaired) electrons. The van der Waals surface area contributed by atoms with Crippen LogP contribution in [0, 0.1) is 18.8 Å². The first-order chi connectivity index (χ1) is 7.58. The molecule has 0 bridgehead atoms. The third-order valence-corrected chi connectivity index (χ3v) is 3.90. The predicted octanol–water partition coefficient (Wildman–Crippen LogP) is 3.06. The van der Waals surface area contributed by atoms with Crippen LogP contribution in [-0.2, 0) is 0 Å².